The van der Waals surface area contributed by atoms with Crippen LogP contribution in [0.25, 0.3) is 0 Å². The van der Waals surface area contributed by atoms with Crippen molar-refractivity contribution in [2.75, 3.05) is 5.32 Å². The molecule has 0 saturated carbocycles. The molecule has 0 bridgehead atoms. The van der Waals surface area contributed by atoms with Gasteiger partial charge in [0.05, 0.1) is 11.8 Å². The van der Waals surface area contributed by atoms with Crippen molar-refractivity contribution in [3.8, 4) is 0 Å². The van der Waals surface area contributed by atoms with Crippen LogP contribution in [0.1, 0.15) is 25.0 Å². The molecule has 2 N–H and O–H groups in total. The number of nitrogens with zero attached hydrogens (tertiary/aromatic N) is 1. The Bertz CT molecular complexity index is 787. The fraction of sp³-hybridized carbons (Fsp3) is 0.312. The number of hydrogen-bond acceptors (Lipinski definition) is 3. The molecule has 0 saturated heterocycles. The van der Waals surface area contributed by atoms with Crippen LogP contribution in [-0.2, 0) is 5.54 Å². The molecule has 8 heteroatoms. The van der Waals surface area contributed by atoms with E-state index in [1.807, 2.05) is 0 Å². The molecule has 2 aromatic rings. The zero-order chi connectivity index (χ0) is 17.7. The van der Waals surface area contributed by atoms with Crippen molar-refractivity contribution in [2.45, 2.75) is 31.6 Å². The molecule has 2 heterocycles. The Hall–Kier alpha value is -2.35. The molecule has 0 aliphatic carbocycles. The highest BCUT2D eigenvalue weighted by Crippen LogP contribution is 2.51. The Morgan fingerprint density at radius 2 is 1.92 bits per heavy atom. The highest BCUT2D eigenvalue weighted by atomic mass is 19.4. The van der Waals surface area contributed by atoms with Crippen LogP contribution in [-0.4, -0.2) is 12.2 Å². The van der Waals surface area contributed by atoms with Crippen LogP contribution in [0.2, 0.25) is 0 Å². The van der Waals surface area contributed by atoms with E-state index in [-0.39, 0.29) is 22.6 Å². The predicted molar refractivity (Wildman–Crippen MR) is 80.2 cm³/mol. The second-order valence-electron chi connectivity index (χ2n) is 5.96. The maximum absolute atomic E-state index is 14.3. The number of nitrogens with one attached hydrogen (secondary N) is 2. The summed E-state index contributed by atoms with van der Waals surface area (Å²) in [5.41, 5.74) is -3.25. The summed E-state index contributed by atoms with van der Waals surface area (Å²) in [4.78, 5) is 0. The van der Waals surface area contributed by atoms with Crippen molar-refractivity contribution in [3.05, 3.63) is 58.7 Å². The van der Waals surface area contributed by atoms with Crippen molar-refractivity contribution < 1.29 is 22.3 Å². The van der Waals surface area contributed by atoms with Crippen molar-refractivity contribution in [2.24, 2.45) is 0 Å². The van der Waals surface area contributed by atoms with E-state index in [1.165, 1.54) is 18.2 Å². The van der Waals surface area contributed by atoms with E-state index >= 15 is 0 Å². The van der Waals surface area contributed by atoms with Crippen LogP contribution in [0.3, 0.4) is 0 Å². The van der Waals surface area contributed by atoms with Gasteiger partial charge in [-0.25, -0.2) is 14.4 Å². The molecule has 1 aromatic carbocycles. The van der Waals surface area contributed by atoms with Gasteiger partial charge < -0.3 is 5.21 Å². The van der Waals surface area contributed by atoms with Gasteiger partial charge in [-0.3, -0.25) is 5.32 Å². The number of anilines is 2. The molecule has 1 atom stereocenters. The van der Waals surface area contributed by atoms with Crippen molar-refractivity contribution in [1.29, 1.82) is 0 Å². The van der Waals surface area contributed by atoms with Gasteiger partial charge in [-0.1, -0.05) is 0 Å². The second kappa shape index (κ2) is 5.34. The summed E-state index contributed by atoms with van der Waals surface area (Å²) in [6, 6.07) is 4.97. The maximum atomic E-state index is 14.3. The summed E-state index contributed by atoms with van der Waals surface area (Å²) in [5, 5.41) is 17.2. The molecule has 1 aliphatic heterocycles. The van der Waals surface area contributed by atoms with E-state index in [4.69, 9.17) is 0 Å². The lowest BCUT2D eigenvalue weighted by atomic mass is 9.78. The van der Waals surface area contributed by atoms with E-state index in [2.05, 4.69) is 10.6 Å². The first-order valence-electron chi connectivity index (χ1n) is 7.31. The lowest BCUT2D eigenvalue weighted by Gasteiger charge is -2.41. The molecule has 3 rings (SSSR count). The minimum atomic E-state index is -4.80. The van der Waals surface area contributed by atoms with Crippen LogP contribution in [0.4, 0.5) is 29.1 Å². The highest BCUT2D eigenvalue weighted by molar-refractivity contribution is 5.72. The molecule has 0 fully saturated rings. The molecular formula is C16H15F4N3O. The van der Waals surface area contributed by atoms with Gasteiger partial charge in [0.2, 0.25) is 0 Å². The molecule has 24 heavy (non-hydrogen) atoms. The first kappa shape index (κ1) is 16.5. The summed E-state index contributed by atoms with van der Waals surface area (Å²) < 4.78 is 56.8. The molecule has 0 radical (unpaired) electrons. The lowest BCUT2D eigenvalue weighted by Crippen LogP contribution is -2.59. The SMILES string of the molecule is CC(C)NC1(C(F)(F)F)c2cc(F)ccc2Nc2c1ccc[n+]2[O-]. The molecule has 128 valence electrons. The van der Waals surface area contributed by atoms with Gasteiger partial charge in [0.15, 0.2) is 5.54 Å². The largest absolute Gasteiger partial charge is 0.711 e. The number of hydrogen-bond donors (Lipinski definition) is 2. The van der Waals surface area contributed by atoms with Crippen molar-refractivity contribution in [1.82, 2.24) is 5.32 Å². The maximum Gasteiger partial charge on any atom is 0.415 e. The van der Waals surface area contributed by atoms with Gasteiger partial charge in [-0.2, -0.15) is 13.2 Å². The van der Waals surface area contributed by atoms with Gasteiger partial charge in [0, 0.05) is 11.6 Å². The zero-order valence-electron chi connectivity index (χ0n) is 12.9. The minimum Gasteiger partial charge on any atom is -0.711 e. The summed E-state index contributed by atoms with van der Waals surface area (Å²) in [7, 11) is 0. The normalized spacial score (nSPS) is 19.6. The lowest BCUT2D eigenvalue weighted by molar-refractivity contribution is -0.590. The van der Waals surface area contributed by atoms with Crippen LogP contribution in [0.15, 0.2) is 36.5 Å². The highest BCUT2D eigenvalue weighted by Gasteiger charge is 2.62. The first-order valence-corrected chi connectivity index (χ1v) is 7.31. The van der Waals surface area contributed by atoms with E-state index in [0.717, 1.165) is 18.3 Å². The fourth-order valence-corrected chi connectivity index (χ4v) is 3.10. The Morgan fingerprint density at radius 1 is 1.21 bits per heavy atom. The summed E-state index contributed by atoms with van der Waals surface area (Å²) in [5.74, 6) is -1.02. The van der Waals surface area contributed by atoms with E-state index in [1.54, 1.807) is 13.8 Å². The molecule has 4 nitrogen and oxygen atoms in total. The van der Waals surface area contributed by atoms with Gasteiger partial charge in [-0.05, 0) is 44.2 Å². The number of halogens is 4. The number of rotatable bonds is 2. The third-order valence-electron chi connectivity index (χ3n) is 3.93. The second-order valence-corrected chi connectivity index (χ2v) is 5.96. The minimum absolute atomic E-state index is 0.0326. The van der Waals surface area contributed by atoms with E-state index in [9.17, 15) is 22.8 Å². The van der Waals surface area contributed by atoms with E-state index in [0.29, 0.717) is 4.73 Å². The zero-order valence-corrected chi connectivity index (χ0v) is 12.9. The summed E-state index contributed by atoms with van der Waals surface area (Å²) in [6.45, 7) is 3.12. The predicted octanol–water partition coefficient (Wildman–Crippen LogP) is 3.32. The Morgan fingerprint density at radius 3 is 2.54 bits per heavy atom. The smallest absolute Gasteiger partial charge is 0.415 e. The Kier molecular flexibility index (Phi) is 3.67. The third-order valence-corrected chi connectivity index (χ3v) is 3.93. The standard InChI is InChI=1S/C16H15F4N3O/c1-9(2)22-15(16(18,19)20)11-4-3-7-23(24)14(11)21-13-6-5-10(17)8-12(13)15/h3-9,21-22H,1-2H3. The number of aromatic nitrogens is 1. The first-order chi connectivity index (χ1) is 11.2. The Labute approximate surface area is 135 Å². The molecule has 0 amide bonds. The van der Waals surface area contributed by atoms with Gasteiger partial charge in [-0.15, -0.1) is 0 Å². The molecule has 1 aromatic heterocycles. The van der Waals surface area contributed by atoms with Crippen LogP contribution in [0.5, 0.6) is 0 Å². The van der Waals surface area contributed by atoms with Crippen LogP contribution >= 0.6 is 0 Å². The molecule has 1 unspecified atom stereocenters. The average molecular weight is 341 g/mol. The van der Waals surface area contributed by atoms with Gasteiger partial charge in [0.1, 0.15) is 11.5 Å². The van der Waals surface area contributed by atoms with Crippen molar-refractivity contribution in [3.63, 3.8) is 0 Å². The summed E-state index contributed by atoms with van der Waals surface area (Å²) in [6.07, 6.45) is -3.69. The Balaban J connectivity index is 2.42. The van der Waals surface area contributed by atoms with Gasteiger partial charge in [0.25, 0.3) is 5.82 Å². The van der Waals surface area contributed by atoms with Crippen LogP contribution in [0, 0.1) is 11.0 Å². The average Bonchev–Trinajstić information content (AvgIpc) is 2.47. The fourth-order valence-electron chi connectivity index (χ4n) is 3.10. The van der Waals surface area contributed by atoms with Crippen LogP contribution < -0.4 is 15.4 Å². The number of alkyl halides is 3. The molecule has 0 spiro atoms. The van der Waals surface area contributed by atoms with Gasteiger partial charge >= 0.3 is 6.18 Å². The third kappa shape index (κ3) is 2.29. The number of pyridine rings is 1. The number of fused-ring (bicyclic) bond motifs is 2. The topological polar surface area (TPSA) is 51.0 Å². The summed E-state index contributed by atoms with van der Waals surface area (Å²) >= 11 is 0. The van der Waals surface area contributed by atoms with Crippen molar-refractivity contribution >= 4 is 11.5 Å². The van der Waals surface area contributed by atoms with E-state index < -0.39 is 23.6 Å². The number of benzene rings is 1. The molecule has 1 aliphatic rings. The monoisotopic (exact) mass is 341 g/mol. The quantitative estimate of drug-likeness (QED) is 0.501. The molecular weight excluding hydrogens is 326 g/mol.